The molecule has 3 atom stereocenters. The molecule has 3 heteroatoms. The second kappa shape index (κ2) is 6.15. The Bertz CT molecular complexity index is 263. The van der Waals surface area contributed by atoms with E-state index in [1.165, 1.54) is 51.6 Å². The second-order valence-corrected chi connectivity index (χ2v) is 7.74. The Balaban J connectivity index is 1.98. The molecule has 2 nitrogen and oxygen atoms in total. The first kappa shape index (κ1) is 14.7. The summed E-state index contributed by atoms with van der Waals surface area (Å²) in [6, 6.07) is 1.06. The van der Waals surface area contributed by atoms with Gasteiger partial charge in [0.2, 0.25) is 0 Å². The van der Waals surface area contributed by atoms with Gasteiger partial charge in [-0.2, -0.15) is 11.8 Å². The van der Waals surface area contributed by atoms with Crippen LogP contribution in [-0.4, -0.2) is 41.1 Å². The number of likely N-dealkylation sites (tertiary alicyclic amines) is 1. The number of rotatable bonds is 3. The van der Waals surface area contributed by atoms with E-state index >= 15 is 0 Å². The molecule has 1 saturated heterocycles. The summed E-state index contributed by atoms with van der Waals surface area (Å²) in [6.45, 7) is 7.19. The molecule has 2 fully saturated rings. The van der Waals surface area contributed by atoms with Gasteiger partial charge in [0.05, 0.1) is 0 Å². The van der Waals surface area contributed by atoms with E-state index in [4.69, 9.17) is 5.73 Å². The fourth-order valence-electron chi connectivity index (χ4n) is 3.69. The molecule has 0 radical (unpaired) electrons. The zero-order chi connectivity index (χ0) is 13.2. The summed E-state index contributed by atoms with van der Waals surface area (Å²) in [5.74, 6) is 0.640. The third-order valence-corrected chi connectivity index (χ3v) is 6.85. The van der Waals surface area contributed by atoms with Crippen molar-refractivity contribution in [1.29, 1.82) is 0 Å². The number of piperidine rings is 1. The van der Waals surface area contributed by atoms with Crippen molar-refractivity contribution in [3.05, 3.63) is 0 Å². The van der Waals surface area contributed by atoms with E-state index in [1.807, 2.05) is 0 Å². The van der Waals surface area contributed by atoms with Crippen LogP contribution in [0, 0.1) is 5.92 Å². The summed E-state index contributed by atoms with van der Waals surface area (Å²) in [4.78, 5) is 2.72. The van der Waals surface area contributed by atoms with Crippen molar-refractivity contribution in [3.8, 4) is 0 Å². The molecule has 1 aliphatic carbocycles. The summed E-state index contributed by atoms with van der Waals surface area (Å²) in [5.41, 5.74) is 6.20. The molecule has 1 heterocycles. The lowest BCUT2D eigenvalue weighted by Gasteiger charge is -2.47. The minimum Gasteiger partial charge on any atom is -0.327 e. The van der Waals surface area contributed by atoms with Gasteiger partial charge in [-0.25, -0.2) is 0 Å². The lowest BCUT2D eigenvalue weighted by molar-refractivity contribution is 0.0817. The van der Waals surface area contributed by atoms with Crippen molar-refractivity contribution in [3.63, 3.8) is 0 Å². The molecule has 18 heavy (non-hydrogen) atoms. The van der Waals surface area contributed by atoms with Crippen LogP contribution in [0.1, 0.15) is 52.4 Å². The number of nitrogens with two attached hydrogens (primary N) is 1. The molecule has 0 aromatic rings. The van der Waals surface area contributed by atoms with Gasteiger partial charge in [0, 0.05) is 23.4 Å². The Hall–Kier alpha value is 0.270. The quantitative estimate of drug-likeness (QED) is 0.854. The van der Waals surface area contributed by atoms with Crippen LogP contribution in [-0.2, 0) is 0 Å². The molecule has 0 amide bonds. The van der Waals surface area contributed by atoms with Crippen LogP contribution in [0.15, 0.2) is 0 Å². The first-order valence-corrected chi connectivity index (χ1v) is 8.85. The van der Waals surface area contributed by atoms with Crippen molar-refractivity contribution in [1.82, 2.24) is 4.90 Å². The highest BCUT2D eigenvalue weighted by Crippen LogP contribution is 2.40. The van der Waals surface area contributed by atoms with E-state index < -0.39 is 0 Å². The van der Waals surface area contributed by atoms with Gasteiger partial charge in [0.15, 0.2) is 0 Å². The van der Waals surface area contributed by atoms with Crippen LogP contribution in [0.5, 0.6) is 0 Å². The van der Waals surface area contributed by atoms with Crippen molar-refractivity contribution in [2.24, 2.45) is 11.7 Å². The molecular formula is C15H30N2S. The summed E-state index contributed by atoms with van der Waals surface area (Å²) in [6.07, 6.45) is 10.6. The molecule has 2 aliphatic rings. The Morgan fingerprint density at radius 3 is 2.50 bits per heavy atom. The van der Waals surface area contributed by atoms with Crippen LogP contribution >= 0.6 is 11.8 Å². The Morgan fingerprint density at radius 2 is 1.89 bits per heavy atom. The van der Waals surface area contributed by atoms with E-state index in [-0.39, 0.29) is 0 Å². The first-order valence-electron chi connectivity index (χ1n) is 7.63. The zero-order valence-electron chi connectivity index (χ0n) is 12.3. The van der Waals surface area contributed by atoms with Crippen molar-refractivity contribution >= 4 is 11.8 Å². The largest absolute Gasteiger partial charge is 0.327 e. The Kier molecular flexibility index (Phi) is 5.01. The molecule has 1 saturated carbocycles. The predicted molar refractivity (Wildman–Crippen MR) is 82.1 cm³/mol. The van der Waals surface area contributed by atoms with Crippen LogP contribution in [0.4, 0.5) is 0 Å². The molecule has 0 spiro atoms. The third kappa shape index (κ3) is 3.05. The standard InChI is InChI=1S/C15H30N2S/c1-12-13(2)17(10-7-14(12)16)11-15(18-3)8-5-4-6-9-15/h12-14H,4-11,16H2,1-3H3. The fraction of sp³-hybridized carbons (Fsp3) is 1.00. The Morgan fingerprint density at radius 1 is 1.22 bits per heavy atom. The minimum absolute atomic E-state index is 0.410. The van der Waals surface area contributed by atoms with Gasteiger partial charge >= 0.3 is 0 Å². The van der Waals surface area contributed by atoms with E-state index in [9.17, 15) is 0 Å². The second-order valence-electron chi connectivity index (χ2n) is 6.47. The number of hydrogen-bond donors (Lipinski definition) is 1. The van der Waals surface area contributed by atoms with Crippen LogP contribution < -0.4 is 5.73 Å². The zero-order valence-corrected chi connectivity index (χ0v) is 13.1. The van der Waals surface area contributed by atoms with Gasteiger partial charge < -0.3 is 5.73 Å². The maximum Gasteiger partial charge on any atom is 0.0284 e. The lowest BCUT2D eigenvalue weighted by Crippen LogP contribution is -2.55. The van der Waals surface area contributed by atoms with E-state index in [2.05, 4.69) is 36.8 Å². The maximum absolute atomic E-state index is 6.20. The number of nitrogens with zero attached hydrogens (tertiary/aromatic N) is 1. The molecule has 0 aromatic heterocycles. The minimum atomic E-state index is 0.410. The van der Waals surface area contributed by atoms with E-state index in [0.717, 1.165) is 0 Å². The summed E-state index contributed by atoms with van der Waals surface area (Å²) >= 11 is 2.12. The van der Waals surface area contributed by atoms with Crippen molar-refractivity contribution < 1.29 is 0 Å². The molecule has 106 valence electrons. The summed E-state index contributed by atoms with van der Waals surface area (Å²) < 4.78 is 0.535. The number of hydrogen-bond acceptors (Lipinski definition) is 3. The average molecular weight is 270 g/mol. The molecule has 0 aromatic carbocycles. The van der Waals surface area contributed by atoms with Gasteiger partial charge in [-0.3, -0.25) is 4.90 Å². The summed E-state index contributed by atoms with van der Waals surface area (Å²) in [5, 5.41) is 0. The molecule has 2 rings (SSSR count). The molecule has 3 unspecified atom stereocenters. The number of thioether (sulfide) groups is 1. The van der Waals surface area contributed by atoms with Crippen LogP contribution in [0.3, 0.4) is 0 Å². The van der Waals surface area contributed by atoms with Gasteiger partial charge in [-0.15, -0.1) is 0 Å². The van der Waals surface area contributed by atoms with Crippen LogP contribution in [0.25, 0.3) is 0 Å². The highest BCUT2D eigenvalue weighted by atomic mass is 32.2. The van der Waals surface area contributed by atoms with Crippen molar-refractivity contribution in [2.75, 3.05) is 19.3 Å². The summed E-state index contributed by atoms with van der Waals surface area (Å²) in [7, 11) is 0. The molecule has 0 bridgehead atoms. The van der Waals surface area contributed by atoms with Crippen LogP contribution in [0.2, 0.25) is 0 Å². The molecular weight excluding hydrogens is 240 g/mol. The van der Waals surface area contributed by atoms with Gasteiger partial charge in [-0.05, 0) is 44.9 Å². The molecule has 1 aliphatic heterocycles. The predicted octanol–water partition coefficient (Wildman–Crippen LogP) is 3.11. The molecule has 2 N–H and O–H groups in total. The SMILES string of the molecule is CSC1(CN2CCC(N)C(C)C2C)CCCCC1. The fourth-order valence-corrected chi connectivity index (χ4v) is 4.68. The maximum atomic E-state index is 6.20. The Labute approximate surface area is 117 Å². The third-order valence-electron chi connectivity index (χ3n) is 5.45. The van der Waals surface area contributed by atoms with Gasteiger partial charge in [-0.1, -0.05) is 26.2 Å². The van der Waals surface area contributed by atoms with Gasteiger partial charge in [0.1, 0.15) is 0 Å². The highest BCUT2D eigenvalue weighted by molar-refractivity contribution is 8.00. The highest BCUT2D eigenvalue weighted by Gasteiger charge is 2.37. The average Bonchev–Trinajstić information content (AvgIpc) is 2.41. The van der Waals surface area contributed by atoms with Gasteiger partial charge in [0.25, 0.3) is 0 Å². The smallest absolute Gasteiger partial charge is 0.0284 e. The van der Waals surface area contributed by atoms with E-state index in [0.29, 0.717) is 22.7 Å². The normalized spacial score (nSPS) is 37.7. The lowest BCUT2D eigenvalue weighted by atomic mass is 9.84. The van der Waals surface area contributed by atoms with E-state index in [1.54, 1.807) is 0 Å². The first-order chi connectivity index (χ1) is 8.58. The topological polar surface area (TPSA) is 29.3 Å². The monoisotopic (exact) mass is 270 g/mol. The van der Waals surface area contributed by atoms with Crippen molar-refractivity contribution in [2.45, 2.75) is 69.2 Å².